The molecule has 1 aromatic carbocycles. The van der Waals surface area contributed by atoms with Crippen molar-refractivity contribution in [2.75, 3.05) is 19.5 Å². The summed E-state index contributed by atoms with van der Waals surface area (Å²) in [6.07, 6.45) is 0. The zero-order chi connectivity index (χ0) is 13.0. The van der Waals surface area contributed by atoms with Crippen LogP contribution < -0.4 is 0 Å². The zero-order valence-electron chi connectivity index (χ0n) is 10.0. The van der Waals surface area contributed by atoms with Crippen LogP contribution in [0.1, 0.15) is 16.1 Å². The molecular weight excluding hydrogens is 252 g/mol. The average molecular weight is 266 g/mol. The number of carboxylic acid groups (broad SMARTS) is 1. The molecule has 0 fully saturated rings. The largest absolute Gasteiger partial charge is 0.478 e. The van der Waals surface area contributed by atoms with E-state index in [0.717, 1.165) is 5.75 Å². The normalized spacial score (nSPS) is 10.9. The van der Waals surface area contributed by atoms with Crippen molar-refractivity contribution in [3.8, 4) is 0 Å². The summed E-state index contributed by atoms with van der Waals surface area (Å²) in [5.41, 5.74) is 0.896. The lowest BCUT2D eigenvalue weighted by Gasteiger charge is -1.99. The van der Waals surface area contributed by atoms with Gasteiger partial charge in [0.15, 0.2) is 0 Å². The third kappa shape index (κ3) is 2.68. The Morgan fingerprint density at radius 1 is 1.44 bits per heavy atom. The lowest BCUT2D eigenvalue weighted by atomic mass is 10.1. The number of hydrogen-bond donors (Lipinski definition) is 1. The standard InChI is InChI=1S/C13H14O4S/c1-16-6-7-18-8-11-12(13(14)15)9-4-2-3-5-10(9)17-11/h2-5H,6-8H2,1H3,(H,14,15). The van der Waals surface area contributed by atoms with Crippen LogP contribution in [0.25, 0.3) is 11.0 Å². The Bertz CT molecular complexity index is 547. The van der Waals surface area contributed by atoms with Crippen molar-refractivity contribution in [2.24, 2.45) is 0 Å². The molecule has 0 radical (unpaired) electrons. The van der Waals surface area contributed by atoms with E-state index in [1.54, 1.807) is 31.0 Å². The molecule has 0 spiro atoms. The summed E-state index contributed by atoms with van der Waals surface area (Å²) in [7, 11) is 1.64. The van der Waals surface area contributed by atoms with Gasteiger partial charge in [0.2, 0.25) is 0 Å². The van der Waals surface area contributed by atoms with E-state index in [2.05, 4.69) is 0 Å². The second-order valence-electron chi connectivity index (χ2n) is 3.75. The summed E-state index contributed by atoms with van der Waals surface area (Å²) in [4.78, 5) is 11.3. The number of aromatic carboxylic acids is 1. The van der Waals surface area contributed by atoms with Gasteiger partial charge in [-0.05, 0) is 6.07 Å². The van der Waals surface area contributed by atoms with Crippen LogP contribution in [0.4, 0.5) is 0 Å². The first kappa shape index (κ1) is 13.0. The van der Waals surface area contributed by atoms with Crippen LogP contribution in [-0.2, 0) is 10.5 Å². The minimum atomic E-state index is -0.942. The first-order valence-corrected chi connectivity index (χ1v) is 6.70. The number of fused-ring (bicyclic) bond motifs is 1. The minimum Gasteiger partial charge on any atom is -0.478 e. The molecule has 0 aliphatic heterocycles. The van der Waals surface area contributed by atoms with E-state index in [-0.39, 0.29) is 5.56 Å². The predicted octanol–water partition coefficient (Wildman–Crippen LogP) is 3.01. The van der Waals surface area contributed by atoms with Gasteiger partial charge in [-0.1, -0.05) is 18.2 Å². The highest BCUT2D eigenvalue weighted by atomic mass is 32.2. The fourth-order valence-corrected chi connectivity index (χ4v) is 2.56. The molecule has 0 unspecified atom stereocenters. The summed E-state index contributed by atoms with van der Waals surface area (Å²) in [6.45, 7) is 0.646. The van der Waals surface area contributed by atoms with Crippen molar-refractivity contribution < 1.29 is 19.1 Å². The van der Waals surface area contributed by atoms with Crippen molar-refractivity contribution in [2.45, 2.75) is 5.75 Å². The van der Waals surface area contributed by atoms with Crippen LogP contribution in [-0.4, -0.2) is 30.5 Å². The summed E-state index contributed by atoms with van der Waals surface area (Å²) in [5.74, 6) is 0.929. The maximum Gasteiger partial charge on any atom is 0.339 e. The fraction of sp³-hybridized carbons (Fsp3) is 0.308. The van der Waals surface area contributed by atoms with Gasteiger partial charge >= 0.3 is 5.97 Å². The van der Waals surface area contributed by atoms with Gasteiger partial charge in [0, 0.05) is 18.2 Å². The molecule has 0 aliphatic carbocycles. The highest BCUT2D eigenvalue weighted by Gasteiger charge is 2.19. The molecule has 5 heteroatoms. The molecule has 0 saturated carbocycles. The maximum atomic E-state index is 11.3. The third-order valence-electron chi connectivity index (χ3n) is 2.55. The number of carbonyl (C=O) groups is 1. The summed E-state index contributed by atoms with van der Waals surface area (Å²) < 4.78 is 10.5. The summed E-state index contributed by atoms with van der Waals surface area (Å²) in [5, 5.41) is 9.92. The Hall–Kier alpha value is -1.46. The number of benzene rings is 1. The molecule has 2 aromatic rings. The molecule has 0 amide bonds. The van der Waals surface area contributed by atoms with Crippen LogP contribution >= 0.6 is 11.8 Å². The van der Waals surface area contributed by atoms with Crippen LogP contribution in [0.2, 0.25) is 0 Å². The highest BCUT2D eigenvalue weighted by Crippen LogP contribution is 2.28. The van der Waals surface area contributed by atoms with Crippen molar-refractivity contribution in [3.05, 3.63) is 35.6 Å². The predicted molar refractivity (Wildman–Crippen MR) is 71.2 cm³/mol. The number of rotatable bonds is 6. The Balaban J connectivity index is 2.25. The average Bonchev–Trinajstić information content (AvgIpc) is 2.73. The molecule has 0 bridgehead atoms. The number of carboxylic acids is 1. The molecule has 0 aliphatic rings. The van der Waals surface area contributed by atoms with E-state index in [9.17, 15) is 9.90 Å². The van der Waals surface area contributed by atoms with Gasteiger partial charge < -0.3 is 14.3 Å². The van der Waals surface area contributed by atoms with Crippen LogP contribution in [0.3, 0.4) is 0 Å². The van der Waals surface area contributed by atoms with Crippen LogP contribution in [0.15, 0.2) is 28.7 Å². The smallest absolute Gasteiger partial charge is 0.339 e. The van der Waals surface area contributed by atoms with E-state index >= 15 is 0 Å². The molecule has 18 heavy (non-hydrogen) atoms. The molecule has 1 heterocycles. The van der Waals surface area contributed by atoms with Gasteiger partial charge in [0.25, 0.3) is 0 Å². The van der Waals surface area contributed by atoms with E-state index in [1.165, 1.54) is 0 Å². The van der Waals surface area contributed by atoms with Crippen molar-refractivity contribution >= 4 is 28.7 Å². The zero-order valence-corrected chi connectivity index (χ0v) is 10.8. The molecule has 4 nitrogen and oxygen atoms in total. The number of para-hydroxylation sites is 1. The maximum absolute atomic E-state index is 11.3. The Morgan fingerprint density at radius 2 is 2.22 bits per heavy atom. The SMILES string of the molecule is COCCSCc1oc2ccccc2c1C(=O)O. The lowest BCUT2D eigenvalue weighted by molar-refractivity contribution is 0.0697. The molecule has 1 aromatic heterocycles. The number of thioether (sulfide) groups is 1. The highest BCUT2D eigenvalue weighted by molar-refractivity contribution is 7.98. The molecule has 96 valence electrons. The molecule has 2 rings (SSSR count). The van der Waals surface area contributed by atoms with Crippen LogP contribution in [0, 0.1) is 0 Å². The van der Waals surface area contributed by atoms with E-state index in [1.807, 2.05) is 12.1 Å². The Labute approximate surface area is 109 Å². The molecule has 1 N–H and O–H groups in total. The monoisotopic (exact) mass is 266 g/mol. The second kappa shape index (κ2) is 5.93. The summed E-state index contributed by atoms with van der Waals surface area (Å²) in [6, 6.07) is 7.20. The van der Waals surface area contributed by atoms with Gasteiger partial charge in [-0.3, -0.25) is 0 Å². The molecule has 0 atom stereocenters. The number of hydrogen-bond acceptors (Lipinski definition) is 4. The summed E-state index contributed by atoms with van der Waals surface area (Å²) >= 11 is 1.60. The van der Waals surface area contributed by atoms with Gasteiger partial charge in [-0.15, -0.1) is 0 Å². The van der Waals surface area contributed by atoms with E-state index < -0.39 is 5.97 Å². The van der Waals surface area contributed by atoms with Gasteiger partial charge in [-0.2, -0.15) is 11.8 Å². The number of furan rings is 1. The second-order valence-corrected chi connectivity index (χ2v) is 4.85. The topological polar surface area (TPSA) is 59.7 Å². The first-order chi connectivity index (χ1) is 8.74. The van der Waals surface area contributed by atoms with Gasteiger partial charge in [0.05, 0.1) is 12.4 Å². The minimum absolute atomic E-state index is 0.274. The fourth-order valence-electron chi connectivity index (χ4n) is 1.74. The number of ether oxygens (including phenoxy) is 1. The quantitative estimate of drug-likeness (QED) is 0.814. The molecular formula is C13H14O4S. The Morgan fingerprint density at radius 3 is 2.94 bits per heavy atom. The molecule has 0 saturated heterocycles. The lowest BCUT2D eigenvalue weighted by Crippen LogP contribution is -1.99. The van der Waals surface area contributed by atoms with Crippen molar-refractivity contribution in [1.29, 1.82) is 0 Å². The Kier molecular flexibility index (Phi) is 4.28. The van der Waals surface area contributed by atoms with Gasteiger partial charge in [-0.25, -0.2) is 4.79 Å². The first-order valence-electron chi connectivity index (χ1n) is 5.54. The van der Waals surface area contributed by atoms with E-state index in [0.29, 0.717) is 29.1 Å². The number of methoxy groups -OCH3 is 1. The van der Waals surface area contributed by atoms with Crippen molar-refractivity contribution in [3.63, 3.8) is 0 Å². The third-order valence-corrected chi connectivity index (χ3v) is 3.47. The van der Waals surface area contributed by atoms with Crippen LogP contribution in [0.5, 0.6) is 0 Å². The van der Waals surface area contributed by atoms with E-state index in [4.69, 9.17) is 9.15 Å². The van der Waals surface area contributed by atoms with Crippen molar-refractivity contribution in [1.82, 2.24) is 0 Å². The van der Waals surface area contributed by atoms with Gasteiger partial charge in [0.1, 0.15) is 16.9 Å².